The lowest BCUT2D eigenvalue weighted by Gasteiger charge is -2.34. The highest BCUT2D eigenvalue weighted by molar-refractivity contribution is 5.92. The molecule has 7 heteroatoms. The van der Waals surface area contributed by atoms with Gasteiger partial charge in [0.1, 0.15) is 0 Å². The van der Waals surface area contributed by atoms with Gasteiger partial charge >= 0.3 is 0 Å². The van der Waals surface area contributed by atoms with Crippen molar-refractivity contribution in [1.29, 1.82) is 0 Å². The fourth-order valence-electron chi connectivity index (χ4n) is 3.31. The van der Waals surface area contributed by atoms with Gasteiger partial charge in [-0.15, -0.1) is 5.10 Å². The third-order valence-corrected chi connectivity index (χ3v) is 4.37. The van der Waals surface area contributed by atoms with Crippen LogP contribution in [0.25, 0.3) is 0 Å². The topological polar surface area (TPSA) is 67.2 Å². The summed E-state index contributed by atoms with van der Waals surface area (Å²) < 4.78 is 1.57. The van der Waals surface area contributed by atoms with Gasteiger partial charge in [0.2, 0.25) is 0 Å². The predicted molar refractivity (Wildman–Crippen MR) is 90.2 cm³/mol. The number of hydrogen-bond acceptors (Lipinski definition) is 5. The Labute approximate surface area is 142 Å². The maximum absolute atomic E-state index is 12.5. The average Bonchev–Trinajstić information content (AvgIpc) is 3.01. The molecular formula is C17H24N6O. The van der Waals surface area contributed by atoms with Crippen LogP contribution in [0.15, 0.2) is 30.7 Å². The summed E-state index contributed by atoms with van der Waals surface area (Å²) in [6.07, 6.45) is 7.57. The number of piperidine rings is 1. The molecule has 0 N–H and O–H groups in total. The monoisotopic (exact) mass is 328 g/mol. The number of carbonyl (C=O) groups is 1. The van der Waals surface area contributed by atoms with Crippen LogP contribution < -0.4 is 0 Å². The molecule has 0 aliphatic carbocycles. The number of nitrogens with zero attached hydrogens (tertiary/aromatic N) is 6. The summed E-state index contributed by atoms with van der Waals surface area (Å²) in [5.74, 6) is 0.476. The third kappa shape index (κ3) is 4.17. The Balaban J connectivity index is 1.54. The normalized spacial score (nSPS) is 18.1. The summed E-state index contributed by atoms with van der Waals surface area (Å²) in [6.45, 7) is 3.44. The highest BCUT2D eigenvalue weighted by Gasteiger charge is 2.26. The number of amides is 1. The van der Waals surface area contributed by atoms with Crippen LogP contribution in [-0.2, 0) is 13.6 Å². The van der Waals surface area contributed by atoms with Crippen LogP contribution >= 0.6 is 0 Å². The van der Waals surface area contributed by atoms with Gasteiger partial charge in [-0.1, -0.05) is 11.3 Å². The molecule has 2 aromatic rings. The molecule has 0 aromatic carbocycles. The van der Waals surface area contributed by atoms with Crippen LogP contribution in [-0.4, -0.2) is 62.4 Å². The van der Waals surface area contributed by atoms with Gasteiger partial charge in [-0.05, 0) is 37.4 Å². The van der Waals surface area contributed by atoms with Gasteiger partial charge in [0, 0.05) is 45.6 Å². The second-order valence-corrected chi connectivity index (χ2v) is 6.59. The summed E-state index contributed by atoms with van der Waals surface area (Å²) in [4.78, 5) is 20.9. The minimum absolute atomic E-state index is 0.0114. The molecule has 128 valence electrons. The first-order chi connectivity index (χ1) is 11.6. The molecule has 1 fully saturated rings. The Morgan fingerprint density at radius 1 is 1.46 bits per heavy atom. The second-order valence-electron chi connectivity index (χ2n) is 6.59. The van der Waals surface area contributed by atoms with E-state index < -0.39 is 0 Å². The molecule has 0 spiro atoms. The number of pyridine rings is 1. The van der Waals surface area contributed by atoms with Gasteiger partial charge in [-0.3, -0.25) is 14.5 Å². The quantitative estimate of drug-likeness (QED) is 0.825. The van der Waals surface area contributed by atoms with E-state index in [4.69, 9.17) is 0 Å². The number of aryl methyl sites for hydroxylation is 1. The summed E-state index contributed by atoms with van der Waals surface area (Å²) in [7, 11) is 3.90. The highest BCUT2D eigenvalue weighted by Crippen LogP contribution is 2.19. The maximum atomic E-state index is 12.5. The van der Waals surface area contributed by atoms with E-state index >= 15 is 0 Å². The third-order valence-electron chi connectivity index (χ3n) is 4.37. The van der Waals surface area contributed by atoms with Crippen molar-refractivity contribution in [2.75, 3.05) is 26.7 Å². The fourth-order valence-corrected chi connectivity index (χ4v) is 3.31. The van der Waals surface area contributed by atoms with Crippen LogP contribution in [0, 0.1) is 5.92 Å². The van der Waals surface area contributed by atoms with Crippen molar-refractivity contribution in [1.82, 2.24) is 29.8 Å². The standard InChI is InChI=1S/C17H24N6O/c1-21(10-14-5-3-7-18-9-14)11-15-6-4-8-23(12-15)17(24)16-13-22(2)20-19-16/h3,5,7,9,13,15H,4,6,8,10-12H2,1-2H3. The molecule has 0 bridgehead atoms. The maximum Gasteiger partial charge on any atom is 0.276 e. The molecule has 2 aromatic heterocycles. The largest absolute Gasteiger partial charge is 0.337 e. The molecule has 1 unspecified atom stereocenters. The Morgan fingerprint density at radius 2 is 2.33 bits per heavy atom. The van der Waals surface area contributed by atoms with Crippen molar-refractivity contribution in [3.8, 4) is 0 Å². The van der Waals surface area contributed by atoms with E-state index in [0.717, 1.165) is 39.0 Å². The van der Waals surface area contributed by atoms with E-state index in [-0.39, 0.29) is 5.91 Å². The smallest absolute Gasteiger partial charge is 0.276 e. The van der Waals surface area contributed by atoms with Crippen molar-refractivity contribution in [3.05, 3.63) is 42.0 Å². The van der Waals surface area contributed by atoms with Crippen LogP contribution in [0.2, 0.25) is 0 Å². The van der Waals surface area contributed by atoms with Gasteiger partial charge in [-0.2, -0.15) is 0 Å². The molecule has 3 rings (SSSR count). The predicted octanol–water partition coefficient (Wildman–Crippen LogP) is 1.19. The van der Waals surface area contributed by atoms with Crippen molar-refractivity contribution in [2.24, 2.45) is 13.0 Å². The Kier molecular flexibility index (Phi) is 5.20. The van der Waals surface area contributed by atoms with Crippen LogP contribution in [0.3, 0.4) is 0 Å². The van der Waals surface area contributed by atoms with Crippen LogP contribution in [0.1, 0.15) is 28.9 Å². The lowest BCUT2D eigenvalue weighted by molar-refractivity contribution is 0.0640. The Hall–Kier alpha value is -2.28. The van der Waals surface area contributed by atoms with E-state index in [2.05, 4.69) is 33.3 Å². The molecule has 0 radical (unpaired) electrons. The molecule has 1 saturated heterocycles. The number of rotatable bonds is 5. The molecule has 24 heavy (non-hydrogen) atoms. The first-order valence-electron chi connectivity index (χ1n) is 8.35. The molecule has 1 amide bonds. The summed E-state index contributed by atoms with van der Waals surface area (Å²) in [5.41, 5.74) is 1.64. The van der Waals surface area contributed by atoms with E-state index in [1.54, 1.807) is 24.1 Å². The van der Waals surface area contributed by atoms with E-state index in [0.29, 0.717) is 11.6 Å². The fraction of sp³-hybridized carbons (Fsp3) is 0.529. The van der Waals surface area contributed by atoms with Crippen molar-refractivity contribution in [3.63, 3.8) is 0 Å². The molecule has 1 atom stereocenters. The molecule has 3 heterocycles. The minimum Gasteiger partial charge on any atom is -0.337 e. The first kappa shape index (κ1) is 16.6. The van der Waals surface area contributed by atoms with Crippen molar-refractivity contribution >= 4 is 5.91 Å². The molecule has 0 saturated carbocycles. The summed E-state index contributed by atoms with van der Waals surface area (Å²) in [5, 5.41) is 7.79. The van der Waals surface area contributed by atoms with Crippen LogP contribution in [0.4, 0.5) is 0 Å². The zero-order chi connectivity index (χ0) is 16.9. The number of aromatic nitrogens is 4. The second kappa shape index (κ2) is 7.53. The van der Waals surface area contributed by atoms with E-state index in [9.17, 15) is 4.79 Å². The van der Waals surface area contributed by atoms with Gasteiger partial charge in [0.05, 0.1) is 6.20 Å². The van der Waals surface area contributed by atoms with Gasteiger partial charge in [0.25, 0.3) is 5.91 Å². The minimum atomic E-state index is -0.0114. The van der Waals surface area contributed by atoms with E-state index in [1.165, 1.54) is 5.56 Å². The first-order valence-corrected chi connectivity index (χ1v) is 8.35. The summed E-state index contributed by atoms with van der Waals surface area (Å²) >= 11 is 0. The Bertz CT molecular complexity index is 671. The lowest BCUT2D eigenvalue weighted by atomic mass is 9.97. The van der Waals surface area contributed by atoms with Crippen LogP contribution in [0.5, 0.6) is 0 Å². The molecule has 1 aliphatic heterocycles. The zero-order valence-electron chi connectivity index (χ0n) is 14.3. The van der Waals surface area contributed by atoms with Gasteiger partial charge in [-0.25, -0.2) is 0 Å². The Morgan fingerprint density at radius 3 is 3.04 bits per heavy atom. The highest BCUT2D eigenvalue weighted by atomic mass is 16.2. The molecule has 7 nitrogen and oxygen atoms in total. The van der Waals surface area contributed by atoms with Gasteiger partial charge < -0.3 is 9.80 Å². The number of likely N-dealkylation sites (tertiary alicyclic amines) is 1. The number of hydrogen-bond donors (Lipinski definition) is 0. The van der Waals surface area contributed by atoms with E-state index in [1.807, 2.05) is 17.2 Å². The molecular weight excluding hydrogens is 304 g/mol. The lowest BCUT2D eigenvalue weighted by Crippen LogP contribution is -2.43. The number of carbonyl (C=O) groups excluding carboxylic acids is 1. The van der Waals surface area contributed by atoms with Crippen molar-refractivity contribution in [2.45, 2.75) is 19.4 Å². The zero-order valence-corrected chi connectivity index (χ0v) is 14.3. The van der Waals surface area contributed by atoms with Gasteiger partial charge in [0.15, 0.2) is 5.69 Å². The summed E-state index contributed by atoms with van der Waals surface area (Å²) in [6, 6.07) is 4.05. The molecule has 1 aliphatic rings. The SMILES string of the molecule is CN(Cc1cccnc1)CC1CCCN(C(=O)c2cn(C)nn2)C1. The average molecular weight is 328 g/mol. The van der Waals surface area contributed by atoms with Crippen molar-refractivity contribution < 1.29 is 4.79 Å².